The van der Waals surface area contributed by atoms with Gasteiger partial charge in [-0.15, -0.1) is 5.92 Å². The molecule has 0 aromatic carbocycles. The van der Waals surface area contributed by atoms with E-state index in [0.29, 0.717) is 23.7 Å². The van der Waals surface area contributed by atoms with Gasteiger partial charge < -0.3 is 15.3 Å². The Morgan fingerprint density at radius 1 is 1.25 bits per heavy atom. The fourth-order valence-corrected chi connectivity index (χ4v) is 3.19. The molecule has 0 atom stereocenters. The van der Waals surface area contributed by atoms with E-state index in [1.54, 1.807) is 11.5 Å². The van der Waals surface area contributed by atoms with Gasteiger partial charge in [0.05, 0.1) is 6.54 Å². The number of hydrogen-bond acceptors (Lipinski definition) is 6. The summed E-state index contributed by atoms with van der Waals surface area (Å²) in [7, 11) is 1.51. The average Bonchev–Trinajstić information content (AvgIpc) is 3.09. The number of carboxylic acids is 1. The highest BCUT2D eigenvalue weighted by atomic mass is 19.4. The van der Waals surface area contributed by atoms with Gasteiger partial charge in [-0.25, -0.2) is 9.59 Å². The van der Waals surface area contributed by atoms with Gasteiger partial charge in [-0.2, -0.15) is 18.2 Å². The third-order valence-electron chi connectivity index (χ3n) is 4.73. The van der Waals surface area contributed by atoms with Gasteiger partial charge in [0.1, 0.15) is 0 Å². The Balaban J connectivity index is 0.000000451. The lowest BCUT2D eigenvalue weighted by atomic mass is 10.3. The number of nitrogens with one attached hydrogen (secondary N) is 1. The maximum Gasteiger partial charge on any atom is 0.490 e. The SMILES string of the molecule is CC#CCn1c(N2CCNCC2)nc2c1c(=O)n(C)c(=O)n2C(C)C.O=C(O)C(F)(F)F. The minimum absolute atomic E-state index is 0.0988. The molecule has 0 bridgehead atoms. The maximum absolute atomic E-state index is 12.8. The molecule has 3 heterocycles. The van der Waals surface area contributed by atoms with E-state index >= 15 is 0 Å². The van der Waals surface area contributed by atoms with Gasteiger partial charge in [-0.3, -0.25) is 18.5 Å². The van der Waals surface area contributed by atoms with Crippen LogP contribution in [-0.2, 0) is 18.4 Å². The fourth-order valence-electron chi connectivity index (χ4n) is 3.19. The van der Waals surface area contributed by atoms with Crippen molar-refractivity contribution in [3.8, 4) is 11.8 Å². The molecule has 0 amide bonds. The van der Waals surface area contributed by atoms with Crippen LogP contribution in [0, 0.1) is 11.8 Å². The molecule has 0 radical (unpaired) electrons. The first-order valence-corrected chi connectivity index (χ1v) is 9.78. The molecule has 2 aromatic rings. The van der Waals surface area contributed by atoms with Crippen LogP contribution < -0.4 is 21.5 Å². The van der Waals surface area contributed by atoms with Crippen molar-refractivity contribution in [1.82, 2.24) is 24.0 Å². The largest absolute Gasteiger partial charge is 0.490 e. The first-order valence-electron chi connectivity index (χ1n) is 9.78. The Morgan fingerprint density at radius 2 is 1.81 bits per heavy atom. The van der Waals surface area contributed by atoms with Crippen LogP contribution in [0.15, 0.2) is 9.59 Å². The van der Waals surface area contributed by atoms with Gasteiger partial charge in [0.2, 0.25) is 5.95 Å². The van der Waals surface area contributed by atoms with E-state index in [4.69, 9.17) is 14.9 Å². The van der Waals surface area contributed by atoms with Crippen molar-refractivity contribution in [3.05, 3.63) is 20.8 Å². The third-order valence-corrected chi connectivity index (χ3v) is 4.73. The van der Waals surface area contributed by atoms with Crippen LogP contribution in [0.3, 0.4) is 0 Å². The highest BCUT2D eigenvalue weighted by Gasteiger charge is 2.38. The molecule has 10 nitrogen and oxygen atoms in total. The molecule has 2 N–H and O–H groups in total. The third kappa shape index (κ3) is 5.13. The van der Waals surface area contributed by atoms with Gasteiger partial charge in [0.15, 0.2) is 11.2 Å². The van der Waals surface area contributed by atoms with E-state index in [9.17, 15) is 22.8 Å². The number of piperazine rings is 1. The highest BCUT2D eigenvalue weighted by molar-refractivity contribution is 5.75. The molecule has 2 aromatic heterocycles. The Hall–Kier alpha value is -3.27. The number of carboxylic acid groups (broad SMARTS) is 1. The predicted molar refractivity (Wildman–Crippen MR) is 112 cm³/mol. The summed E-state index contributed by atoms with van der Waals surface area (Å²) < 4.78 is 36.3. The van der Waals surface area contributed by atoms with Crippen LogP contribution in [-0.4, -0.2) is 62.1 Å². The molecule has 176 valence electrons. The standard InChI is InChI=1S/C17H24N6O2.C2HF3O2/c1-5-6-9-22-13-14(19-16(22)21-10-7-18-8-11-21)23(12(2)3)17(25)20(4)15(13)24;3-2(4,5)1(6)7/h12,18H,7-11H2,1-4H3;(H,6,7). The highest BCUT2D eigenvalue weighted by Crippen LogP contribution is 2.21. The maximum atomic E-state index is 12.8. The molecule has 1 aliphatic heterocycles. The van der Waals surface area contributed by atoms with E-state index < -0.39 is 12.1 Å². The number of imidazole rings is 1. The van der Waals surface area contributed by atoms with Gasteiger partial charge in [-0.1, -0.05) is 5.92 Å². The number of halogens is 3. The Bertz CT molecular complexity index is 1160. The zero-order chi connectivity index (χ0) is 24.2. The zero-order valence-corrected chi connectivity index (χ0v) is 18.2. The summed E-state index contributed by atoms with van der Waals surface area (Å²) in [6.07, 6.45) is -5.08. The smallest absolute Gasteiger partial charge is 0.475 e. The van der Waals surface area contributed by atoms with Crippen molar-refractivity contribution < 1.29 is 23.1 Å². The molecule has 3 rings (SSSR count). The Labute approximate surface area is 181 Å². The molecule has 1 saturated heterocycles. The average molecular weight is 458 g/mol. The van der Waals surface area contributed by atoms with E-state index in [0.717, 1.165) is 30.7 Å². The summed E-state index contributed by atoms with van der Waals surface area (Å²) in [5.74, 6) is 3.85. The number of nitrogens with zero attached hydrogens (tertiary/aromatic N) is 5. The van der Waals surface area contributed by atoms with E-state index in [1.807, 2.05) is 18.4 Å². The van der Waals surface area contributed by atoms with E-state index in [-0.39, 0.29) is 17.3 Å². The first-order chi connectivity index (χ1) is 14.9. The lowest BCUT2D eigenvalue weighted by Gasteiger charge is -2.28. The number of fused-ring (bicyclic) bond motifs is 1. The molecule has 13 heteroatoms. The van der Waals surface area contributed by atoms with Crippen molar-refractivity contribution in [1.29, 1.82) is 0 Å². The van der Waals surface area contributed by atoms with Crippen LogP contribution in [0.2, 0.25) is 0 Å². The monoisotopic (exact) mass is 458 g/mol. The number of aliphatic carboxylic acids is 1. The summed E-state index contributed by atoms with van der Waals surface area (Å²) in [6.45, 7) is 9.30. The quantitative estimate of drug-likeness (QED) is 0.646. The van der Waals surface area contributed by atoms with Crippen LogP contribution in [0.5, 0.6) is 0 Å². The fraction of sp³-hybridized carbons (Fsp3) is 0.579. The van der Waals surface area contributed by atoms with Crippen molar-refractivity contribution in [3.63, 3.8) is 0 Å². The van der Waals surface area contributed by atoms with Crippen LogP contribution in [0.4, 0.5) is 19.1 Å². The number of carbonyl (C=O) groups is 1. The van der Waals surface area contributed by atoms with Crippen molar-refractivity contribution in [2.24, 2.45) is 7.05 Å². The summed E-state index contributed by atoms with van der Waals surface area (Å²) in [5.41, 5.74) is 0.205. The normalized spacial score (nSPS) is 14.1. The zero-order valence-electron chi connectivity index (χ0n) is 18.2. The molecule has 0 saturated carbocycles. The van der Waals surface area contributed by atoms with Gasteiger partial charge in [0.25, 0.3) is 5.56 Å². The first kappa shape index (κ1) is 25.0. The topological polar surface area (TPSA) is 114 Å². The molecule has 32 heavy (non-hydrogen) atoms. The number of hydrogen-bond donors (Lipinski definition) is 2. The number of alkyl halides is 3. The molecule has 1 fully saturated rings. The molecule has 0 spiro atoms. The lowest BCUT2D eigenvalue weighted by molar-refractivity contribution is -0.192. The molecular formula is C19H25F3N6O4. The van der Waals surface area contributed by atoms with Gasteiger partial charge >= 0.3 is 17.8 Å². The number of aromatic nitrogens is 4. The summed E-state index contributed by atoms with van der Waals surface area (Å²) in [6, 6.07) is -0.0988. The van der Waals surface area contributed by atoms with Gasteiger partial charge in [-0.05, 0) is 20.8 Å². The number of rotatable bonds is 3. The Kier molecular flexibility index (Phi) is 7.73. The minimum atomic E-state index is -5.08. The van der Waals surface area contributed by atoms with Crippen LogP contribution in [0.25, 0.3) is 11.2 Å². The predicted octanol–water partition coefficient (Wildman–Crippen LogP) is 0.544. The summed E-state index contributed by atoms with van der Waals surface area (Å²) in [4.78, 5) is 41.1. The molecule has 0 unspecified atom stereocenters. The molecule has 0 aliphatic carbocycles. The van der Waals surface area contributed by atoms with Crippen molar-refractivity contribution in [2.75, 3.05) is 31.1 Å². The molecular weight excluding hydrogens is 433 g/mol. The molecule has 1 aliphatic rings. The summed E-state index contributed by atoms with van der Waals surface area (Å²) in [5, 5.41) is 10.4. The van der Waals surface area contributed by atoms with E-state index in [2.05, 4.69) is 22.1 Å². The second-order valence-corrected chi connectivity index (χ2v) is 7.25. The second-order valence-electron chi connectivity index (χ2n) is 7.25. The van der Waals surface area contributed by atoms with Crippen molar-refractivity contribution >= 4 is 23.1 Å². The Morgan fingerprint density at radius 3 is 2.28 bits per heavy atom. The van der Waals surface area contributed by atoms with Crippen molar-refractivity contribution in [2.45, 2.75) is 39.5 Å². The van der Waals surface area contributed by atoms with Crippen LogP contribution >= 0.6 is 0 Å². The summed E-state index contributed by atoms with van der Waals surface area (Å²) >= 11 is 0. The number of anilines is 1. The van der Waals surface area contributed by atoms with E-state index in [1.165, 1.54) is 7.05 Å². The van der Waals surface area contributed by atoms with Gasteiger partial charge in [0, 0.05) is 39.3 Å². The van der Waals surface area contributed by atoms with Crippen LogP contribution in [0.1, 0.15) is 26.8 Å². The second kappa shape index (κ2) is 9.90. The minimum Gasteiger partial charge on any atom is -0.475 e. The lowest BCUT2D eigenvalue weighted by Crippen LogP contribution is -2.44.